The summed E-state index contributed by atoms with van der Waals surface area (Å²) in [5.41, 5.74) is 0. The minimum absolute atomic E-state index is 0.678. The highest BCUT2D eigenvalue weighted by molar-refractivity contribution is 4.63. The molecule has 0 amide bonds. The van der Waals surface area contributed by atoms with E-state index < -0.39 is 0 Å². The van der Waals surface area contributed by atoms with E-state index in [1.807, 2.05) is 0 Å². The highest BCUT2D eigenvalue weighted by Gasteiger charge is 2.08. The van der Waals surface area contributed by atoms with Gasteiger partial charge in [-0.3, -0.25) is 0 Å². The molecule has 0 aromatic carbocycles. The summed E-state index contributed by atoms with van der Waals surface area (Å²) in [4.78, 5) is 2.37. The molecular weight excluding hydrogens is 162 g/mol. The van der Waals surface area contributed by atoms with Crippen molar-refractivity contribution >= 4 is 0 Å². The molecule has 0 saturated carbocycles. The van der Waals surface area contributed by atoms with Crippen LogP contribution in [0.2, 0.25) is 0 Å². The van der Waals surface area contributed by atoms with Crippen molar-refractivity contribution in [2.24, 2.45) is 5.92 Å². The largest absolute Gasteiger partial charge is 0.383 e. The molecule has 2 nitrogen and oxygen atoms in total. The molecule has 0 saturated heterocycles. The average Bonchev–Trinajstić information content (AvgIpc) is 2.10. The van der Waals surface area contributed by atoms with Crippen LogP contribution in [0.3, 0.4) is 0 Å². The van der Waals surface area contributed by atoms with Gasteiger partial charge in [-0.2, -0.15) is 0 Å². The Kier molecular flexibility index (Phi) is 7.29. The zero-order chi connectivity index (χ0) is 10.3. The lowest BCUT2D eigenvalue weighted by atomic mass is 10.0. The lowest BCUT2D eigenvalue weighted by molar-refractivity contribution is 0.138. The molecular formula is C11H25NO. The van der Waals surface area contributed by atoms with Crippen LogP contribution in [0.15, 0.2) is 0 Å². The van der Waals surface area contributed by atoms with E-state index in [2.05, 4.69) is 32.7 Å². The van der Waals surface area contributed by atoms with Crippen LogP contribution < -0.4 is 0 Å². The number of rotatable bonds is 7. The molecule has 0 aliphatic rings. The van der Waals surface area contributed by atoms with Gasteiger partial charge >= 0.3 is 0 Å². The van der Waals surface area contributed by atoms with E-state index in [4.69, 9.17) is 4.74 Å². The monoisotopic (exact) mass is 187 g/mol. The number of nitrogens with zero attached hydrogens (tertiary/aromatic N) is 1. The molecule has 0 N–H and O–H groups in total. The van der Waals surface area contributed by atoms with Gasteiger partial charge in [-0.1, -0.05) is 13.8 Å². The molecule has 0 aromatic rings. The zero-order valence-corrected chi connectivity index (χ0v) is 9.84. The average molecular weight is 187 g/mol. The summed E-state index contributed by atoms with van der Waals surface area (Å²) in [6.07, 6.45) is 2.61. The minimum Gasteiger partial charge on any atom is -0.383 e. The van der Waals surface area contributed by atoms with Crippen LogP contribution >= 0.6 is 0 Å². The first-order chi connectivity index (χ1) is 6.07. The van der Waals surface area contributed by atoms with E-state index in [0.717, 1.165) is 19.1 Å². The van der Waals surface area contributed by atoms with E-state index >= 15 is 0 Å². The Balaban J connectivity index is 3.50. The fraction of sp³-hybridized carbons (Fsp3) is 1.00. The molecule has 0 heterocycles. The maximum absolute atomic E-state index is 5.05. The number of likely N-dealkylation sites (N-methyl/N-ethyl adjacent to an activating group) is 1. The maximum atomic E-state index is 5.05. The van der Waals surface area contributed by atoms with Crippen molar-refractivity contribution in [3.8, 4) is 0 Å². The molecule has 0 fully saturated rings. The molecule has 0 radical (unpaired) electrons. The first kappa shape index (κ1) is 12.9. The lowest BCUT2D eigenvalue weighted by Crippen LogP contribution is -2.32. The first-order valence-electron chi connectivity index (χ1n) is 5.27. The van der Waals surface area contributed by atoms with Crippen molar-refractivity contribution in [3.63, 3.8) is 0 Å². The third-order valence-corrected chi connectivity index (χ3v) is 2.56. The number of methoxy groups -OCH3 is 1. The van der Waals surface area contributed by atoms with Gasteiger partial charge in [-0.05, 0) is 32.7 Å². The summed E-state index contributed by atoms with van der Waals surface area (Å²) in [6.45, 7) is 8.72. The standard InChI is InChI=1S/C11H25NO/c1-10(2)6-7-11(3)12(4)8-9-13-5/h10-11H,6-9H2,1-5H3. The van der Waals surface area contributed by atoms with Crippen molar-refractivity contribution in [2.45, 2.75) is 39.7 Å². The Bertz CT molecular complexity index is 115. The quantitative estimate of drug-likeness (QED) is 0.607. The smallest absolute Gasteiger partial charge is 0.0589 e. The Morgan fingerprint density at radius 2 is 1.77 bits per heavy atom. The third kappa shape index (κ3) is 7.03. The fourth-order valence-corrected chi connectivity index (χ4v) is 1.25. The van der Waals surface area contributed by atoms with E-state index in [1.54, 1.807) is 7.11 Å². The van der Waals surface area contributed by atoms with Gasteiger partial charge in [-0.15, -0.1) is 0 Å². The maximum Gasteiger partial charge on any atom is 0.0589 e. The first-order valence-corrected chi connectivity index (χ1v) is 5.27. The van der Waals surface area contributed by atoms with Crippen LogP contribution in [0, 0.1) is 5.92 Å². The van der Waals surface area contributed by atoms with Crippen LogP contribution in [-0.4, -0.2) is 38.3 Å². The zero-order valence-electron chi connectivity index (χ0n) is 9.84. The SMILES string of the molecule is COCCN(C)C(C)CCC(C)C. The molecule has 1 unspecified atom stereocenters. The Morgan fingerprint density at radius 3 is 2.23 bits per heavy atom. The van der Waals surface area contributed by atoms with E-state index in [0.29, 0.717) is 6.04 Å². The highest BCUT2D eigenvalue weighted by Crippen LogP contribution is 2.10. The predicted molar refractivity (Wildman–Crippen MR) is 58.0 cm³/mol. The van der Waals surface area contributed by atoms with Gasteiger partial charge in [0.05, 0.1) is 6.61 Å². The second-order valence-corrected chi connectivity index (χ2v) is 4.29. The van der Waals surface area contributed by atoms with Crippen molar-refractivity contribution < 1.29 is 4.74 Å². The summed E-state index contributed by atoms with van der Waals surface area (Å²) in [5.74, 6) is 0.818. The Morgan fingerprint density at radius 1 is 1.15 bits per heavy atom. The lowest BCUT2D eigenvalue weighted by Gasteiger charge is -2.24. The van der Waals surface area contributed by atoms with Crippen LogP contribution in [0.4, 0.5) is 0 Å². The molecule has 13 heavy (non-hydrogen) atoms. The molecule has 0 bridgehead atoms. The topological polar surface area (TPSA) is 12.5 Å². The molecule has 0 rings (SSSR count). The number of hydrogen-bond acceptors (Lipinski definition) is 2. The highest BCUT2D eigenvalue weighted by atomic mass is 16.5. The number of ether oxygens (including phenoxy) is 1. The molecule has 1 atom stereocenters. The predicted octanol–water partition coefficient (Wildman–Crippen LogP) is 2.39. The van der Waals surface area contributed by atoms with Gasteiger partial charge in [-0.25, -0.2) is 0 Å². The minimum atomic E-state index is 0.678. The second kappa shape index (κ2) is 7.34. The summed E-state index contributed by atoms with van der Waals surface area (Å²) in [5, 5.41) is 0. The van der Waals surface area contributed by atoms with E-state index in [-0.39, 0.29) is 0 Å². The molecule has 0 aliphatic carbocycles. The Hall–Kier alpha value is -0.0800. The molecule has 0 spiro atoms. The van der Waals surface area contributed by atoms with Gasteiger partial charge in [0.2, 0.25) is 0 Å². The van der Waals surface area contributed by atoms with Crippen LogP contribution in [0.5, 0.6) is 0 Å². The molecule has 2 heteroatoms. The van der Waals surface area contributed by atoms with Crippen molar-refractivity contribution in [2.75, 3.05) is 27.3 Å². The molecule has 80 valence electrons. The van der Waals surface area contributed by atoms with Crippen molar-refractivity contribution in [1.82, 2.24) is 4.90 Å². The molecule has 0 aromatic heterocycles. The summed E-state index contributed by atoms with van der Waals surface area (Å²) in [6, 6.07) is 0.678. The van der Waals surface area contributed by atoms with E-state index in [1.165, 1.54) is 12.8 Å². The van der Waals surface area contributed by atoms with Gasteiger partial charge in [0.1, 0.15) is 0 Å². The van der Waals surface area contributed by atoms with Crippen LogP contribution in [-0.2, 0) is 4.74 Å². The fourth-order valence-electron chi connectivity index (χ4n) is 1.25. The normalized spacial score (nSPS) is 14.1. The summed E-state index contributed by atoms with van der Waals surface area (Å²) in [7, 11) is 3.93. The van der Waals surface area contributed by atoms with E-state index in [9.17, 15) is 0 Å². The second-order valence-electron chi connectivity index (χ2n) is 4.29. The van der Waals surface area contributed by atoms with Crippen LogP contribution in [0.25, 0.3) is 0 Å². The van der Waals surface area contributed by atoms with Crippen molar-refractivity contribution in [1.29, 1.82) is 0 Å². The van der Waals surface area contributed by atoms with Gasteiger partial charge in [0.25, 0.3) is 0 Å². The van der Waals surface area contributed by atoms with Gasteiger partial charge < -0.3 is 9.64 Å². The summed E-state index contributed by atoms with van der Waals surface area (Å²) < 4.78 is 5.05. The van der Waals surface area contributed by atoms with Crippen molar-refractivity contribution in [3.05, 3.63) is 0 Å². The van der Waals surface area contributed by atoms with Crippen LogP contribution in [0.1, 0.15) is 33.6 Å². The Labute approximate surface area is 83.3 Å². The molecule has 0 aliphatic heterocycles. The number of hydrogen-bond donors (Lipinski definition) is 0. The third-order valence-electron chi connectivity index (χ3n) is 2.56. The van der Waals surface area contributed by atoms with Gasteiger partial charge in [0.15, 0.2) is 0 Å². The van der Waals surface area contributed by atoms with Gasteiger partial charge in [0, 0.05) is 19.7 Å². The summed E-state index contributed by atoms with van der Waals surface area (Å²) >= 11 is 0.